The molecule has 0 radical (unpaired) electrons. The van der Waals surface area contributed by atoms with Crippen molar-refractivity contribution in [1.82, 2.24) is 9.97 Å². The van der Waals surface area contributed by atoms with E-state index in [9.17, 15) is 9.50 Å². The number of pyridine rings is 2. The maximum atomic E-state index is 13.3. The summed E-state index contributed by atoms with van der Waals surface area (Å²) < 4.78 is 14.2. The van der Waals surface area contributed by atoms with E-state index in [2.05, 4.69) is 33.6 Å². The van der Waals surface area contributed by atoms with E-state index in [0.29, 0.717) is 12.1 Å². The lowest BCUT2D eigenvalue weighted by Gasteiger charge is -2.11. The van der Waals surface area contributed by atoms with E-state index in [0.717, 1.165) is 45.9 Å². The van der Waals surface area contributed by atoms with Crippen molar-refractivity contribution in [2.75, 3.05) is 0 Å². The molecule has 1 aromatic carbocycles. The average molecular weight is 401 g/mol. The van der Waals surface area contributed by atoms with Crippen molar-refractivity contribution in [1.29, 1.82) is 0 Å². The first kappa shape index (κ1) is 17.5. The van der Waals surface area contributed by atoms with Crippen LogP contribution >= 0.6 is 15.9 Å². The zero-order valence-electron chi connectivity index (χ0n) is 13.7. The Morgan fingerprint density at radius 2 is 1.92 bits per heavy atom. The molecule has 1 N–H and O–H groups in total. The Morgan fingerprint density at radius 1 is 1.16 bits per heavy atom. The number of aryl methyl sites for hydroxylation is 1. The third-order valence-corrected chi connectivity index (χ3v) is 4.43. The number of hydrogen-bond acceptors (Lipinski definition) is 3. The Bertz CT molecular complexity index is 909. The van der Waals surface area contributed by atoms with Crippen LogP contribution in [-0.2, 0) is 6.42 Å². The number of fused-ring (bicyclic) bond motifs is 1. The van der Waals surface area contributed by atoms with E-state index >= 15 is 0 Å². The third kappa shape index (κ3) is 4.42. The lowest BCUT2D eigenvalue weighted by molar-refractivity contribution is 0.385. The van der Waals surface area contributed by atoms with E-state index in [-0.39, 0.29) is 11.6 Å². The van der Waals surface area contributed by atoms with E-state index in [1.807, 2.05) is 6.07 Å². The van der Waals surface area contributed by atoms with Crippen molar-refractivity contribution in [3.05, 3.63) is 70.8 Å². The fraction of sp³-hybridized carbons (Fsp3) is 0.200. The molecule has 0 amide bonds. The molecule has 0 spiro atoms. The first-order valence-corrected chi connectivity index (χ1v) is 8.90. The van der Waals surface area contributed by atoms with Crippen LogP contribution in [0.15, 0.2) is 59.4 Å². The zero-order valence-corrected chi connectivity index (χ0v) is 15.3. The smallest absolute Gasteiger partial charge is 0.159 e. The number of rotatable bonds is 6. The highest BCUT2D eigenvalue weighted by molar-refractivity contribution is 9.10. The minimum Gasteiger partial charge on any atom is -0.513 e. The monoisotopic (exact) mass is 400 g/mol. The quantitative estimate of drug-likeness (QED) is 0.408. The molecule has 128 valence electrons. The van der Waals surface area contributed by atoms with Crippen molar-refractivity contribution < 1.29 is 9.50 Å². The second-order valence-electron chi connectivity index (χ2n) is 5.98. The number of benzene rings is 1. The SMILES string of the molecule is C=C(O)CCCCc1cc2cc(Br)cnc2nc1-c1ccc(F)cc1. The number of allylic oxidation sites excluding steroid dienone is 1. The van der Waals surface area contributed by atoms with Gasteiger partial charge in [0.2, 0.25) is 0 Å². The minimum atomic E-state index is -0.269. The summed E-state index contributed by atoms with van der Waals surface area (Å²) >= 11 is 3.44. The molecular weight excluding hydrogens is 383 g/mol. The number of hydrogen-bond donors (Lipinski definition) is 1. The number of aliphatic hydroxyl groups is 1. The lowest BCUT2D eigenvalue weighted by atomic mass is 9.99. The van der Waals surface area contributed by atoms with Crippen LogP contribution < -0.4 is 0 Å². The van der Waals surface area contributed by atoms with E-state index in [1.54, 1.807) is 18.3 Å². The number of halogens is 2. The maximum absolute atomic E-state index is 13.3. The van der Waals surface area contributed by atoms with E-state index in [1.165, 1.54) is 12.1 Å². The summed E-state index contributed by atoms with van der Waals surface area (Å²) in [5.41, 5.74) is 3.44. The van der Waals surface area contributed by atoms with Crippen LogP contribution in [0.25, 0.3) is 22.3 Å². The molecule has 25 heavy (non-hydrogen) atoms. The lowest BCUT2D eigenvalue weighted by Crippen LogP contribution is -1.97. The molecule has 3 rings (SSSR count). The van der Waals surface area contributed by atoms with Gasteiger partial charge in [0.15, 0.2) is 5.65 Å². The Labute approximate surface area is 154 Å². The van der Waals surface area contributed by atoms with E-state index in [4.69, 9.17) is 4.98 Å². The molecule has 3 nitrogen and oxygen atoms in total. The van der Waals surface area contributed by atoms with Crippen LogP contribution in [0, 0.1) is 5.82 Å². The zero-order chi connectivity index (χ0) is 17.8. The number of unbranched alkanes of at least 4 members (excludes halogenated alkanes) is 1. The minimum absolute atomic E-state index is 0.212. The van der Waals surface area contributed by atoms with Crippen LogP contribution in [0.1, 0.15) is 24.8 Å². The second kappa shape index (κ2) is 7.74. The van der Waals surface area contributed by atoms with Gasteiger partial charge in [-0.15, -0.1) is 0 Å². The van der Waals surface area contributed by atoms with Crippen LogP contribution in [0.5, 0.6) is 0 Å². The topological polar surface area (TPSA) is 46.0 Å². The van der Waals surface area contributed by atoms with Gasteiger partial charge in [-0.1, -0.05) is 6.58 Å². The molecule has 0 saturated heterocycles. The number of nitrogens with zero attached hydrogens (tertiary/aromatic N) is 2. The van der Waals surface area contributed by atoms with Gasteiger partial charge < -0.3 is 5.11 Å². The predicted molar refractivity (Wildman–Crippen MR) is 102 cm³/mol. The van der Waals surface area contributed by atoms with Crippen molar-refractivity contribution in [3.63, 3.8) is 0 Å². The van der Waals surface area contributed by atoms with Gasteiger partial charge in [-0.3, -0.25) is 0 Å². The molecule has 0 bridgehead atoms. The standard InChI is InChI=1S/C20H18BrFN2O/c1-13(25)4-2-3-5-15-10-16-11-17(21)12-23-20(16)24-19(15)14-6-8-18(22)9-7-14/h6-12,25H,1-5H2. The molecule has 3 aromatic rings. The summed E-state index contributed by atoms with van der Waals surface area (Å²) in [6.07, 6.45) is 4.89. The molecule has 0 saturated carbocycles. The normalized spacial score (nSPS) is 11.0. The fourth-order valence-corrected chi connectivity index (χ4v) is 3.12. The first-order chi connectivity index (χ1) is 12.0. The Morgan fingerprint density at radius 3 is 2.64 bits per heavy atom. The molecule has 0 aliphatic carbocycles. The third-order valence-electron chi connectivity index (χ3n) is 3.99. The summed E-state index contributed by atoms with van der Waals surface area (Å²) in [4.78, 5) is 9.08. The predicted octanol–water partition coefficient (Wildman–Crippen LogP) is 5.98. The molecule has 2 heterocycles. The van der Waals surface area contributed by atoms with Crippen molar-refractivity contribution in [2.45, 2.75) is 25.7 Å². The highest BCUT2D eigenvalue weighted by atomic mass is 79.9. The van der Waals surface area contributed by atoms with Crippen molar-refractivity contribution in [2.24, 2.45) is 0 Å². The number of aliphatic hydroxyl groups excluding tert-OH is 1. The Kier molecular flexibility index (Phi) is 5.43. The highest BCUT2D eigenvalue weighted by Crippen LogP contribution is 2.28. The molecule has 5 heteroatoms. The Balaban J connectivity index is 1.99. The van der Waals surface area contributed by atoms with Gasteiger partial charge in [0.05, 0.1) is 11.5 Å². The molecule has 0 unspecified atom stereocenters. The van der Waals surface area contributed by atoms with Gasteiger partial charge in [0.1, 0.15) is 5.82 Å². The van der Waals surface area contributed by atoms with Crippen LogP contribution in [0.2, 0.25) is 0 Å². The molecule has 0 aliphatic rings. The fourth-order valence-electron chi connectivity index (χ4n) is 2.77. The number of aromatic nitrogens is 2. The molecular formula is C20H18BrFN2O. The molecule has 0 atom stereocenters. The first-order valence-electron chi connectivity index (χ1n) is 8.11. The molecule has 0 aliphatic heterocycles. The van der Waals surface area contributed by atoms with Crippen molar-refractivity contribution in [3.8, 4) is 11.3 Å². The highest BCUT2D eigenvalue weighted by Gasteiger charge is 2.11. The van der Waals surface area contributed by atoms with Gasteiger partial charge in [-0.2, -0.15) is 0 Å². The van der Waals surface area contributed by atoms with Crippen LogP contribution in [0.4, 0.5) is 4.39 Å². The molecule has 2 aromatic heterocycles. The van der Waals surface area contributed by atoms with Crippen LogP contribution in [-0.4, -0.2) is 15.1 Å². The Hall–Kier alpha value is -2.27. The summed E-state index contributed by atoms with van der Waals surface area (Å²) in [5, 5.41) is 10.2. The van der Waals surface area contributed by atoms with Gasteiger partial charge in [-0.25, -0.2) is 14.4 Å². The second-order valence-corrected chi connectivity index (χ2v) is 6.89. The van der Waals surface area contributed by atoms with Crippen molar-refractivity contribution >= 4 is 27.0 Å². The van der Waals surface area contributed by atoms with Crippen LogP contribution in [0.3, 0.4) is 0 Å². The summed E-state index contributed by atoms with van der Waals surface area (Å²) in [5.74, 6) is -0.0573. The summed E-state index contributed by atoms with van der Waals surface area (Å²) in [6.45, 7) is 3.52. The summed E-state index contributed by atoms with van der Waals surface area (Å²) in [7, 11) is 0. The summed E-state index contributed by atoms with van der Waals surface area (Å²) in [6, 6.07) is 10.4. The average Bonchev–Trinajstić information content (AvgIpc) is 2.58. The maximum Gasteiger partial charge on any atom is 0.159 e. The largest absolute Gasteiger partial charge is 0.513 e. The molecule has 0 fully saturated rings. The van der Waals surface area contributed by atoms with Gasteiger partial charge >= 0.3 is 0 Å². The van der Waals surface area contributed by atoms with Gasteiger partial charge in [0.25, 0.3) is 0 Å². The van der Waals surface area contributed by atoms with Gasteiger partial charge in [0, 0.05) is 28.0 Å². The van der Waals surface area contributed by atoms with E-state index < -0.39 is 0 Å². The van der Waals surface area contributed by atoms with Gasteiger partial charge in [-0.05, 0) is 77.2 Å².